The van der Waals surface area contributed by atoms with E-state index in [-0.39, 0.29) is 19.0 Å². The fourth-order valence-corrected chi connectivity index (χ4v) is 4.04. The number of sulfonamides is 1. The Hall–Kier alpha value is -3.13. The maximum atomic E-state index is 12.6. The van der Waals surface area contributed by atoms with Crippen LogP contribution in [0, 0.1) is 20.8 Å². The normalized spacial score (nSPS) is 11.3. The molecule has 7 nitrogen and oxygen atoms in total. The second kappa shape index (κ2) is 8.71. The van der Waals surface area contributed by atoms with Gasteiger partial charge < -0.3 is 9.88 Å². The molecule has 1 N–H and O–H groups in total. The van der Waals surface area contributed by atoms with E-state index in [0.717, 1.165) is 38.8 Å². The van der Waals surface area contributed by atoms with Gasteiger partial charge in [0, 0.05) is 18.9 Å². The highest BCUT2D eigenvalue weighted by Gasteiger charge is 2.21. The maximum Gasteiger partial charge on any atom is 0.241 e. The Balaban J connectivity index is 1.76. The third-order valence-corrected chi connectivity index (χ3v) is 6.16. The van der Waals surface area contributed by atoms with E-state index in [2.05, 4.69) is 10.3 Å². The standard InChI is InChI=1S/C22H26N4O3S/c1-16-9-10-20(13-17(16)2)26(30(4,28)29)15-22(27)24-14-19-7-5-6-8-21(19)25-12-11-23-18(25)3/h5-13H,14-15H2,1-4H3,(H,24,27). The lowest BCUT2D eigenvalue weighted by atomic mass is 10.1. The summed E-state index contributed by atoms with van der Waals surface area (Å²) in [6, 6.07) is 13.0. The first kappa shape index (κ1) is 21.6. The number of para-hydroxylation sites is 1. The Morgan fingerprint density at radius 1 is 1.10 bits per heavy atom. The molecule has 0 aliphatic heterocycles. The van der Waals surface area contributed by atoms with Gasteiger partial charge >= 0.3 is 0 Å². The number of carbonyl (C=O) groups excluding carboxylic acids is 1. The van der Waals surface area contributed by atoms with E-state index in [9.17, 15) is 13.2 Å². The van der Waals surface area contributed by atoms with E-state index in [4.69, 9.17) is 0 Å². The van der Waals surface area contributed by atoms with Crippen molar-refractivity contribution < 1.29 is 13.2 Å². The zero-order chi connectivity index (χ0) is 21.9. The van der Waals surface area contributed by atoms with Crippen LogP contribution in [0.2, 0.25) is 0 Å². The number of hydrogen-bond donors (Lipinski definition) is 1. The topological polar surface area (TPSA) is 84.3 Å². The van der Waals surface area contributed by atoms with E-state index in [1.54, 1.807) is 18.3 Å². The lowest BCUT2D eigenvalue weighted by molar-refractivity contribution is -0.119. The van der Waals surface area contributed by atoms with Gasteiger partial charge in [-0.3, -0.25) is 9.10 Å². The molecule has 0 unspecified atom stereocenters. The van der Waals surface area contributed by atoms with Crippen molar-refractivity contribution in [3.05, 3.63) is 77.4 Å². The largest absolute Gasteiger partial charge is 0.350 e. The third-order valence-electron chi connectivity index (χ3n) is 5.02. The van der Waals surface area contributed by atoms with Gasteiger partial charge in [-0.05, 0) is 55.7 Å². The number of aromatic nitrogens is 2. The lowest BCUT2D eigenvalue weighted by Crippen LogP contribution is -2.40. The van der Waals surface area contributed by atoms with Crippen molar-refractivity contribution in [3.63, 3.8) is 0 Å². The Morgan fingerprint density at radius 2 is 1.83 bits per heavy atom. The number of rotatable bonds is 7. The molecule has 3 rings (SSSR count). The summed E-state index contributed by atoms with van der Waals surface area (Å²) in [5, 5.41) is 2.84. The predicted octanol–water partition coefficient (Wildman–Crippen LogP) is 2.88. The van der Waals surface area contributed by atoms with Crippen molar-refractivity contribution in [2.24, 2.45) is 0 Å². The van der Waals surface area contributed by atoms with E-state index in [1.165, 1.54) is 0 Å². The molecule has 3 aromatic rings. The molecule has 0 fully saturated rings. The number of nitrogens with zero attached hydrogens (tertiary/aromatic N) is 3. The average Bonchev–Trinajstić information content (AvgIpc) is 3.12. The van der Waals surface area contributed by atoms with Crippen molar-refractivity contribution in [3.8, 4) is 5.69 Å². The Labute approximate surface area is 177 Å². The zero-order valence-corrected chi connectivity index (χ0v) is 18.4. The number of imidazole rings is 1. The van der Waals surface area contributed by atoms with Crippen LogP contribution in [-0.4, -0.2) is 36.7 Å². The molecular formula is C22H26N4O3S. The molecule has 0 atom stereocenters. The minimum Gasteiger partial charge on any atom is -0.350 e. The molecule has 0 saturated heterocycles. The first-order valence-corrected chi connectivity index (χ1v) is 11.4. The van der Waals surface area contributed by atoms with Crippen molar-refractivity contribution in [2.45, 2.75) is 27.3 Å². The molecule has 0 radical (unpaired) electrons. The monoisotopic (exact) mass is 426 g/mol. The molecule has 2 aromatic carbocycles. The Kier molecular flexibility index (Phi) is 6.26. The summed E-state index contributed by atoms with van der Waals surface area (Å²) in [4.78, 5) is 16.9. The minimum atomic E-state index is -3.61. The van der Waals surface area contributed by atoms with Gasteiger partial charge in [0.15, 0.2) is 0 Å². The van der Waals surface area contributed by atoms with Gasteiger partial charge in [0.1, 0.15) is 12.4 Å². The summed E-state index contributed by atoms with van der Waals surface area (Å²) in [5.41, 5.74) is 4.32. The van der Waals surface area contributed by atoms with Gasteiger partial charge in [-0.1, -0.05) is 24.3 Å². The lowest BCUT2D eigenvalue weighted by Gasteiger charge is -2.23. The van der Waals surface area contributed by atoms with Crippen LogP contribution in [0.15, 0.2) is 54.9 Å². The molecule has 30 heavy (non-hydrogen) atoms. The number of hydrogen-bond acceptors (Lipinski definition) is 4. The molecule has 1 aromatic heterocycles. The highest BCUT2D eigenvalue weighted by molar-refractivity contribution is 7.92. The molecule has 0 bridgehead atoms. The molecular weight excluding hydrogens is 400 g/mol. The van der Waals surface area contributed by atoms with Gasteiger partial charge in [0.05, 0.1) is 17.6 Å². The SMILES string of the molecule is Cc1ccc(N(CC(=O)NCc2ccccc2-n2ccnc2C)S(C)(=O)=O)cc1C. The molecule has 1 amide bonds. The summed E-state index contributed by atoms with van der Waals surface area (Å²) in [6.45, 7) is 5.76. The number of anilines is 1. The Morgan fingerprint density at radius 3 is 2.47 bits per heavy atom. The minimum absolute atomic E-state index is 0.275. The van der Waals surface area contributed by atoms with Gasteiger partial charge in [-0.2, -0.15) is 0 Å². The molecule has 0 spiro atoms. The van der Waals surface area contributed by atoms with Crippen LogP contribution in [0.1, 0.15) is 22.5 Å². The number of aryl methyl sites for hydroxylation is 3. The maximum absolute atomic E-state index is 12.6. The van der Waals surface area contributed by atoms with E-state index < -0.39 is 10.0 Å². The molecule has 158 valence electrons. The van der Waals surface area contributed by atoms with E-state index in [0.29, 0.717) is 5.69 Å². The van der Waals surface area contributed by atoms with E-state index in [1.807, 2.05) is 61.9 Å². The second-order valence-corrected chi connectivity index (χ2v) is 9.19. The van der Waals surface area contributed by atoms with Crippen LogP contribution >= 0.6 is 0 Å². The third kappa shape index (κ3) is 4.88. The van der Waals surface area contributed by atoms with Crippen LogP contribution < -0.4 is 9.62 Å². The van der Waals surface area contributed by atoms with Gasteiger partial charge in [0.2, 0.25) is 15.9 Å². The smallest absolute Gasteiger partial charge is 0.241 e. The average molecular weight is 427 g/mol. The van der Waals surface area contributed by atoms with E-state index >= 15 is 0 Å². The van der Waals surface area contributed by atoms with Crippen LogP contribution in [-0.2, 0) is 21.4 Å². The molecule has 8 heteroatoms. The summed E-state index contributed by atoms with van der Waals surface area (Å²) >= 11 is 0. The zero-order valence-electron chi connectivity index (χ0n) is 17.6. The number of amides is 1. The van der Waals surface area contributed by atoms with Crippen molar-refractivity contribution in [1.82, 2.24) is 14.9 Å². The fourth-order valence-electron chi connectivity index (χ4n) is 3.19. The molecule has 0 aliphatic carbocycles. The highest BCUT2D eigenvalue weighted by atomic mass is 32.2. The van der Waals surface area contributed by atoms with Gasteiger partial charge in [-0.25, -0.2) is 13.4 Å². The van der Waals surface area contributed by atoms with Crippen molar-refractivity contribution >= 4 is 21.6 Å². The number of carbonyl (C=O) groups is 1. The summed E-state index contributed by atoms with van der Waals surface area (Å²) in [5.74, 6) is 0.461. The fraction of sp³-hybridized carbons (Fsp3) is 0.273. The second-order valence-electron chi connectivity index (χ2n) is 7.29. The van der Waals surface area contributed by atoms with Crippen LogP contribution in [0.3, 0.4) is 0 Å². The van der Waals surface area contributed by atoms with Crippen LogP contribution in [0.4, 0.5) is 5.69 Å². The number of nitrogens with one attached hydrogen (secondary N) is 1. The van der Waals surface area contributed by atoms with Gasteiger partial charge in [0.25, 0.3) is 0 Å². The summed E-state index contributed by atoms with van der Waals surface area (Å²) < 4.78 is 27.7. The summed E-state index contributed by atoms with van der Waals surface area (Å²) in [7, 11) is -3.61. The Bertz CT molecular complexity index is 1170. The molecule has 1 heterocycles. The number of benzene rings is 2. The van der Waals surface area contributed by atoms with Gasteiger partial charge in [-0.15, -0.1) is 0 Å². The molecule has 0 aliphatic rings. The quantitative estimate of drug-likeness (QED) is 0.630. The van der Waals surface area contributed by atoms with Crippen molar-refractivity contribution in [2.75, 3.05) is 17.1 Å². The van der Waals surface area contributed by atoms with Crippen LogP contribution in [0.25, 0.3) is 5.69 Å². The first-order chi connectivity index (χ1) is 14.2. The highest BCUT2D eigenvalue weighted by Crippen LogP contribution is 2.21. The first-order valence-electron chi connectivity index (χ1n) is 9.56. The van der Waals surface area contributed by atoms with Crippen LogP contribution in [0.5, 0.6) is 0 Å². The molecule has 0 saturated carbocycles. The summed E-state index contributed by atoms with van der Waals surface area (Å²) in [6.07, 6.45) is 4.69. The van der Waals surface area contributed by atoms with Crippen molar-refractivity contribution in [1.29, 1.82) is 0 Å². The predicted molar refractivity (Wildman–Crippen MR) is 118 cm³/mol.